The van der Waals surface area contributed by atoms with Gasteiger partial charge in [-0.3, -0.25) is 0 Å². The molecule has 6 heteroatoms. The Labute approximate surface area is 132 Å². The van der Waals surface area contributed by atoms with Crippen LogP contribution in [0.2, 0.25) is 10.0 Å². The molecular weight excluding hydrogens is 319 g/mol. The van der Waals surface area contributed by atoms with Crippen molar-refractivity contribution in [3.05, 3.63) is 28.0 Å². The summed E-state index contributed by atoms with van der Waals surface area (Å²) in [6.07, 6.45) is 1.92. The summed E-state index contributed by atoms with van der Waals surface area (Å²) in [5.74, 6) is 0.868. The fourth-order valence-electron chi connectivity index (χ4n) is 2.72. The molecule has 2 heterocycles. The van der Waals surface area contributed by atoms with Gasteiger partial charge in [-0.1, -0.05) is 23.2 Å². The molecule has 1 aliphatic heterocycles. The fraction of sp³-hybridized carbons (Fsp3) is 0.500. The number of fused-ring (bicyclic) bond motifs is 1. The topological polar surface area (TPSA) is 27.1 Å². The average Bonchev–Trinajstić information content (AvgIpc) is 2.79. The van der Waals surface area contributed by atoms with Crippen LogP contribution in [0.3, 0.4) is 0 Å². The van der Waals surface area contributed by atoms with E-state index in [0.29, 0.717) is 16.1 Å². The second-order valence-electron chi connectivity index (χ2n) is 5.05. The van der Waals surface area contributed by atoms with Crippen LogP contribution in [0.25, 0.3) is 11.0 Å². The molecule has 1 unspecified atom stereocenters. The molecule has 3 nitrogen and oxygen atoms in total. The van der Waals surface area contributed by atoms with E-state index in [0.717, 1.165) is 42.9 Å². The first-order chi connectivity index (χ1) is 9.58. The van der Waals surface area contributed by atoms with Gasteiger partial charge in [0.1, 0.15) is 5.82 Å². The van der Waals surface area contributed by atoms with Gasteiger partial charge < -0.3 is 9.30 Å². The Morgan fingerprint density at radius 2 is 1.90 bits per heavy atom. The summed E-state index contributed by atoms with van der Waals surface area (Å²) >= 11 is 18.5. The van der Waals surface area contributed by atoms with Gasteiger partial charge in [-0.2, -0.15) is 0 Å². The van der Waals surface area contributed by atoms with E-state index < -0.39 is 0 Å². The van der Waals surface area contributed by atoms with Crippen molar-refractivity contribution in [2.24, 2.45) is 0 Å². The van der Waals surface area contributed by atoms with Crippen molar-refractivity contribution < 1.29 is 4.74 Å². The summed E-state index contributed by atoms with van der Waals surface area (Å²) in [5.41, 5.74) is 1.84. The van der Waals surface area contributed by atoms with E-state index in [1.807, 2.05) is 13.0 Å². The number of nitrogens with zero attached hydrogens (tertiary/aromatic N) is 2. The zero-order valence-electron chi connectivity index (χ0n) is 11.1. The van der Waals surface area contributed by atoms with Gasteiger partial charge in [0.2, 0.25) is 0 Å². The molecule has 2 aromatic rings. The zero-order valence-corrected chi connectivity index (χ0v) is 13.3. The van der Waals surface area contributed by atoms with Crippen LogP contribution in [0.5, 0.6) is 0 Å². The fourth-order valence-corrected chi connectivity index (χ4v) is 3.19. The van der Waals surface area contributed by atoms with Crippen LogP contribution in [0.1, 0.15) is 37.0 Å². The van der Waals surface area contributed by atoms with E-state index in [-0.39, 0.29) is 5.38 Å². The van der Waals surface area contributed by atoms with Gasteiger partial charge in [-0.25, -0.2) is 4.98 Å². The highest BCUT2D eigenvalue weighted by Gasteiger charge is 2.24. The van der Waals surface area contributed by atoms with Crippen molar-refractivity contribution in [1.29, 1.82) is 0 Å². The highest BCUT2D eigenvalue weighted by Crippen LogP contribution is 2.35. The first-order valence-corrected chi connectivity index (χ1v) is 7.86. The Kier molecular flexibility index (Phi) is 4.14. The van der Waals surface area contributed by atoms with E-state index in [2.05, 4.69) is 9.55 Å². The number of benzene rings is 1. The van der Waals surface area contributed by atoms with Crippen LogP contribution >= 0.6 is 34.8 Å². The minimum Gasteiger partial charge on any atom is -0.381 e. The Balaban J connectivity index is 2.20. The third-order valence-corrected chi connectivity index (χ3v) is 4.59. The highest BCUT2D eigenvalue weighted by atomic mass is 35.5. The Hall–Kier alpha value is -0.480. The summed E-state index contributed by atoms with van der Waals surface area (Å²) in [5, 5.41) is 0.897. The molecule has 1 atom stereocenters. The van der Waals surface area contributed by atoms with Crippen LogP contribution in [-0.2, 0) is 4.74 Å². The van der Waals surface area contributed by atoms with Crippen molar-refractivity contribution in [2.75, 3.05) is 13.2 Å². The second kappa shape index (κ2) is 5.72. The summed E-state index contributed by atoms with van der Waals surface area (Å²) in [4.78, 5) is 4.64. The van der Waals surface area contributed by atoms with E-state index in [4.69, 9.17) is 39.5 Å². The number of ether oxygens (including phenoxy) is 1. The molecule has 3 rings (SSSR count). The van der Waals surface area contributed by atoms with Crippen molar-refractivity contribution in [3.8, 4) is 0 Å². The molecular formula is C14H15Cl3N2O. The largest absolute Gasteiger partial charge is 0.381 e. The molecule has 1 fully saturated rings. The molecule has 0 bridgehead atoms. The number of alkyl halides is 1. The van der Waals surface area contributed by atoms with Crippen LogP contribution < -0.4 is 0 Å². The Morgan fingerprint density at radius 1 is 1.25 bits per heavy atom. The minimum absolute atomic E-state index is 0.164. The van der Waals surface area contributed by atoms with Gasteiger partial charge in [-0.15, -0.1) is 11.6 Å². The van der Waals surface area contributed by atoms with Crippen molar-refractivity contribution in [1.82, 2.24) is 9.55 Å². The number of hydrogen-bond acceptors (Lipinski definition) is 2. The van der Waals surface area contributed by atoms with E-state index in [1.54, 1.807) is 6.07 Å². The molecule has 0 spiro atoms. The predicted molar refractivity (Wildman–Crippen MR) is 83.1 cm³/mol. The number of hydrogen-bond donors (Lipinski definition) is 0. The summed E-state index contributed by atoms with van der Waals surface area (Å²) in [6, 6.07) is 4.03. The summed E-state index contributed by atoms with van der Waals surface area (Å²) < 4.78 is 7.65. The SMILES string of the molecule is CC(Cl)c1nc2cc(Cl)c(Cl)cc2n1C1CCOCC1. The molecule has 0 saturated carbocycles. The monoisotopic (exact) mass is 332 g/mol. The molecule has 0 N–H and O–H groups in total. The van der Waals surface area contributed by atoms with E-state index in [1.165, 1.54) is 0 Å². The molecule has 0 aliphatic carbocycles. The standard InChI is InChI=1S/C14H15Cl3N2O/c1-8(15)14-18-12-6-10(16)11(17)7-13(12)19(14)9-2-4-20-5-3-9/h6-9H,2-5H2,1H3. The lowest BCUT2D eigenvalue weighted by molar-refractivity contribution is 0.0698. The Morgan fingerprint density at radius 3 is 2.55 bits per heavy atom. The summed E-state index contributed by atoms with van der Waals surface area (Å²) in [7, 11) is 0. The van der Waals surface area contributed by atoms with Gasteiger partial charge in [0, 0.05) is 19.3 Å². The number of halogens is 3. The average molecular weight is 334 g/mol. The minimum atomic E-state index is -0.164. The van der Waals surface area contributed by atoms with Crippen LogP contribution in [-0.4, -0.2) is 22.8 Å². The maximum atomic E-state index is 6.30. The van der Waals surface area contributed by atoms with Gasteiger partial charge in [0.15, 0.2) is 0 Å². The maximum Gasteiger partial charge on any atom is 0.127 e. The quantitative estimate of drug-likeness (QED) is 0.724. The molecule has 108 valence electrons. The summed E-state index contributed by atoms with van der Waals surface area (Å²) in [6.45, 7) is 3.46. The van der Waals surface area contributed by atoms with Gasteiger partial charge in [-0.05, 0) is 31.9 Å². The van der Waals surface area contributed by atoms with Gasteiger partial charge >= 0.3 is 0 Å². The van der Waals surface area contributed by atoms with Gasteiger partial charge in [0.05, 0.1) is 26.5 Å². The molecule has 0 radical (unpaired) electrons. The lowest BCUT2D eigenvalue weighted by atomic mass is 10.1. The van der Waals surface area contributed by atoms with Crippen molar-refractivity contribution in [2.45, 2.75) is 31.2 Å². The number of aromatic nitrogens is 2. The first kappa shape index (κ1) is 14.5. The Bertz CT molecular complexity index is 633. The lowest BCUT2D eigenvalue weighted by Crippen LogP contribution is -2.21. The van der Waals surface area contributed by atoms with E-state index >= 15 is 0 Å². The van der Waals surface area contributed by atoms with Crippen LogP contribution in [0.4, 0.5) is 0 Å². The zero-order chi connectivity index (χ0) is 14.3. The highest BCUT2D eigenvalue weighted by molar-refractivity contribution is 6.42. The van der Waals surface area contributed by atoms with Crippen molar-refractivity contribution in [3.63, 3.8) is 0 Å². The number of rotatable bonds is 2. The maximum absolute atomic E-state index is 6.30. The normalized spacial score (nSPS) is 18.6. The smallest absolute Gasteiger partial charge is 0.127 e. The third kappa shape index (κ3) is 2.52. The molecule has 0 amide bonds. The second-order valence-corrected chi connectivity index (χ2v) is 6.52. The number of imidazole rings is 1. The third-order valence-electron chi connectivity index (χ3n) is 3.67. The molecule has 1 aromatic heterocycles. The van der Waals surface area contributed by atoms with Gasteiger partial charge in [0.25, 0.3) is 0 Å². The molecule has 1 aromatic carbocycles. The molecule has 1 saturated heterocycles. The molecule has 1 aliphatic rings. The van der Waals surface area contributed by atoms with Crippen LogP contribution in [0, 0.1) is 0 Å². The molecule has 20 heavy (non-hydrogen) atoms. The van der Waals surface area contributed by atoms with Crippen molar-refractivity contribution >= 4 is 45.8 Å². The lowest BCUT2D eigenvalue weighted by Gasteiger charge is -2.26. The van der Waals surface area contributed by atoms with Crippen LogP contribution in [0.15, 0.2) is 12.1 Å². The van der Waals surface area contributed by atoms with E-state index in [9.17, 15) is 0 Å². The first-order valence-electron chi connectivity index (χ1n) is 6.66. The predicted octanol–water partition coefficient (Wildman–Crippen LogP) is 4.99.